The van der Waals surface area contributed by atoms with Crippen LogP contribution in [0.5, 0.6) is 5.75 Å². The molecule has 0 saturated carbocycles. The first-order chi connectivity index (χ1) is 14.4. The summed E-state index contributed by atoms with van der Waals surface area (Å²) in [6, 6.07) is 14.9. The molecule has 0 aliphatic carbocycles. The molecule has 1 aromatic heterocycles. The summed E-state index contributed by atoms with van der Waals surface area (Å²) in [5.41, 5.74) is 8.89. The summed E-state index contributed by atoms with van der Waals surface area (Å²) in [5, 5.41) is 21.7. The summed E-state index contributed by atoms with van der Waals surface area (Å²) in [6.45, 7) is 1.80. The van der Waals surface area contributed by atoms with E-state index in [1.165, 1.54) is 0 Å². The van der Waals surface area contributed by atoms with Crippen molar-refractivity contribution in [3.63, 3.8) is 0 Å². The second kappa shape index (κ2) is 10.7. The number of benzene rings is 2. The van der Waals surface area contributed by atoms with Crippen LogP contribution in [0, 0.1) is 5.41 Å². The molecule has 1 aliphatic rings. The van der Waals surface area contributed by atoms with E-state index in [1.807, 2.05) is 60.1 Å². The number of carboxylic acids is 1. The molecule has 2 aromatic carbocycles. The molecule has 4 rings (SSSR count). The molecule has 5 N–H and O–H groups in total. The van der Waals surface area contributed by atoms with Crippen molar-refractivity contribution in [3.05, 3.63) is 65.4 Å². The average Bonchev–Trinajstić information content (AvgIpc) is 3.34. The standard InChI is InChI=1S/C23H26N4O3.2ClH/c1-27-17(11-16-10-15(22(24)25)4-7-21(16)27)12-20(23(28)29)14-2-5-18(6-3-14)30-19-8-9-26-13-19;;/h2-7,10-11,19-20,26H,8-9,12-13H2,1H3,(H3,24,25)(H,28,29);2*1H/t19-,20?;;/m0../s1. The van der Waals surface area contributed by atoms with Crippen molar-refractivity contribution in [1.82, 2.24) is 9.88 Å². The van der Waals surface area contributed by atoms with Gasteiger partial charge in [0.05, 0.1) is 5.92 Å². The van der Waals surface area contributed by atoms with Gasteiger partial charge in [0.15, 0.2) is 0 Å². The van der Waals surface area contributed by atoms with Crippen LogP contribution in [-0.2, 0) is 18.3 Å². The Labute approximate surface area is 199 Å². The number of nitrogens with one attached hydrogen (secondary N) is 2. The topological polar surface area (TPSA) is 113 Å². The van der Waals surface area contributed by atoms with E-state index >= 15 is 0 Å². The number of hydrogen-bond acceptors (Lipinski definition) is 4. The van der Waals surface area contributed by atoms with Crippen LogP contribution in [0.25, 0.3) is 10.9 Å². The third-order valence-corrected chi connectivity index (χ3v) is 5.76. The fourth-order valence-electron chi connectivity index (χ4n) is 4.03. The maximum atomic E-state index is 12.0. The summed E-state index contributed by atoms with van der Waals surface area (Å²) in [4.78, 5) is 12.0. The molecule has 32 heavy (non-hydrogen) atoms. The number of nitrogens with two attached hydrogens (primary N) is 1. The lowest BCUT2D eigenvalue weighted by atomic mass is 9.94. The van der Waals surface area contributed by atoms with Crippen LogP contribution >= 0.6 is 24.8 Å². The summed E-state index contributed by atoms with van der Waals surface area (Å²) >= 11 is 0. The predicted octanol–water partition coefficient (Wildman–Crippen LogP) is 3.46. The first kappa shape index (κ1) is 25.5. The molecule has 0 radical (unpaired) electrons. The number of aromatic nitrogens is 1. The van der Waals surface area contributed by atoms with Gasteiger partial charge in [0.25, 0.3) is 0 Å². The number of fused-ring (bicyclic) bond motifs is 1. The van der Waals surface area contributed by atoms with Gasteiger partial charge in [0, 0.05) is 42.2 Å². The summed E-state index contributed by atoms with van der Waals surface area (Å²) < 4.78 is 7.94. The lowest BCUT2D eigenvalue weighted by Gasteiger charge is -2.16. The van der Waals surface area contributed by atoms with Gasteiger partial charge >= 0.3 is 5.97 Å². The maximum Gasteiger partial charge on any atom is 0.311 e. The number of carbonyl (C=O) groups is 1. The molecule has 172 valence electrons. The van der Waals surface area contributed by atoms with E-state index in [0.29, 0.717) is 12.0 Å². The van der Waals surface area contributed by atoms with E-state index in [9.17, 15) is 9.90 Å². The fraction of sp³-hybridized carbons (Fsp3) is 0.304. The second-order valence-electron chi connectivity index (χ2n) is 7.78. The van der Waals surface area contributed by atoms with Crippen LogP contribution in [0.3, 0.4) is 0 Å². The number of nitrogen functional groups attached to an aromatic ring is 1. The summed E-state index contributed by atoms with van der Waals surface area (Å²) in [6.07, 6.45) is 1.51. The monoisotopic (exact) mass is 478 g/mol. The number of nitrogens with zero attached hydrogens (tertiary/aromatic N) is 1. The zero-order chi connectivity index (χ0) is 21.3. The maximum absolute atomic E-state index is 12.0. The smallest absolute Gasteiger partial charge is 0.311 e. The van der Waals surface area contributed by atoms with Gasteiger partial charge in [-0.25, -0.2) is 0 Å². The highest BCUT2D eigenvalue weighted by Crippen LogP contribution is 2.28. The lowest BCUT2D eigenvalue weighted by Crippen LogP contribution is -2.19. The Morgan fingerprint density at radius 3 is 2.56 bits per heavy atom. The number of halogens is 2. The third kappa shape index (κ3) is 5.35. The highest BCUT2D eigenvalue weighted by Gasteiger charge is 2.23. The molecule has 1 saturated heterocycles. The number of ether oxygens (including phenoxy) is 1. The van der Waals surface area contributed by atoms with Crippen molar-refractivity contribution in [1.29, 1.82) is 5.41 Å². The Morgan fingerprint density at radius 2 is 1.97 bits per heavy atom. The molecular weight excluding hydrogens is 451 g/mol. The van der Waals surface area contributed by atoms with Gasteiger partial charge in [0.1, 0.15) is 17.7 Å². The van der Waals surface area contributed by atoms with Gasteiger partial charge in [-0.15, -0.1) is 24.8 Å². The third-order valence-electron chi connectivity index (χ3n) is 5.76. The van der Waals surface area contributed by atoms with Crippen LogP contribution in [0.1, 0.15) is 29.2 Å². The molecular formula is C23H28Cl2N4O3. The van der Waals surface area contributed by atoms with Crippen LogP contribution < -0.4 is 15.8 Å². The molecule has 1 fully saturated rings. The number of hydrogen-bond donors (Lipinski definition) is 4. The first-order valence-corrected chi connectivity index (χ1v) is 10.1. The van der Waals surface area contributed by atoms with Crippen molar-refractivity contribution < 1.29 is 14.6 Å². The van der Waals surface area contributed by atoms with E-state index in [-0.39, 0.29) is 36.8 Å². The van der Waals surface area contributed by atoms with Crippen LogP contribution in [0.2, 0.25) is 0 Å². The Balaban J connectivity index is 0.00000181. The number of carboxylic acid groups (broad SMARTS) is 1. The van der Waals surface area contributed by atoms with Gasteiger partial charge in [0.2, 0.25) is 0 Å². The molecule has 0 amide bonds. The fourth-order valence-corrected chi connectivity index (χ4v) is 4.03. The molecule has 0 bridgehead atoms. The van der Waals surface area contributed by atoms with Crippen molar-refractivity contribution >= 4 is 47.5 Å². The van der Waals surface area contributed by atoms with Gasteiger partial charge in [-0.3, -0.25) is 10.2 Å². The molecule has 1 aliphatic heterocycles. The van der Waals surface area contributed by atoms with Crippen LogP contribution in [0.15, 0.2) is 48.5 Å². The summed E-state index contributed by atoms with van der Waals surface area (Å²) in [5.74, 6) is -0.750. The zero-order valence-corrected chi connectivity index (χ0v) is 19.3. The van der Waals surface area contributed by atoms with E-state index in [4.69, 9.17) is 15.9 Å². The SMILES string of the molecule is Cl.Cl.Cn1c(CC(C(=O)O)c2ccc(O[C@H]3CCNC3)cc2)cc2cc(C(=N)N)ccc21. The highest BCUT2D eigenvalue weighted by molar-refractivity contribution is 5.99. The molecule has 9 heteroatoms. The number of aliphatic carboxylic acids is 1. The van der Waals surface area contributed by atoms with E-state index < -0.39 is 11.9 Å². The second-order valence-corrected chi connectivity index (χ2v) is 7.78. The average molecular weight is 479 g/mol. The zero-order valence-electron chi connectivity index (χ0n) is 17.7. The molecule has 0 spiro atoms. The van der Waals surface area contributed by atoms with E-state index in [0.717, 1.165) is 47.4 Å². The van der Waals surface area contributed by atoms with Gasteiger partial charge < -0.3 is 25.5 Å². The van der Waals surface area contributed by atoms with Gasteiger partial charge in [-0.2, -0.15) is 0 Å². The molecule has 7 nitrogen and oxygen atoms in total. The van der Waals surface area contributed by atoms with Crippen molar-refractivity contribution in [2.75, 3.05) is 13.1 Å². The Morgan fingerprint density at radius 1 is 1.25 bits per heavy atom. The molecule has 2 heterocycles. The number of aryl methyl sites for hydroxylation is 1. The molecule has 2 atom stereocenters. The van der Waals surface area contributed by atoms with Crippen molar-refractivity contribution in [3.8, 4) is 5.75 Å². The first-order valence-electron chi connectivity index (χ1n) is 10.1. The predicted molar refractivity (Wildman–Crippen MR) is 131 cm³/mol. The Kier molecular flexibility index (Phi) is 8.55. The number of amidine groups is 1. The molecule has 1 unspecified atom stereocenters. The number of rotatable bonds is 7. The minimum atomic E-state index is -0.863. The minimum absolute atomic E-state index is 0. The lowest BCUT2D eigenvalue weighted by molar-refractivity contribution is -0.138. The highest BCUT2D eigenvalue weighted by atomic mass is 35.5. The Bertz CT molecular complexity index is 1090. The minimum Gasteiger partial charge on any atom is -0.489 e. The van der Waals surface area contributed by atoms with E-state index in [2.05, 4.69) is 5.32 Å². The largest absolute Gasteiger partial charge is 0.489 e. The normalized spacial score (nSPS) is 16.1. The Hall–Kier alpha value is -2.74. The van der Waals surface area contributed by atoms with Crippen LogP contribution in [-0.4, -0.2) is 40.7 Å². The van der Waals surface area contributed by atoms with Gasteiger partial charge in [-0.05, 0) is 54.9 Å². The van der Waals surface area contributed by atoms with E-state index in [1.54, 1.807) is 0 Å². The van der Waals surface area contributed by atoms with Crippen LogP contribution in [0.4, 0.5) is 0 Å². The van der Waals surface area contributed by atoms with Crippen molar-refractivity contribution in [2.24, 2.45) is 12.8 Å². The van der Waals surface area contributed by atoms with Gasteiger partial charge in [-0.1, -0.05) is 12.1 Å². The van der Waals surface area contributed by atoms with Crippen molar-refractivity contribution in [2.45, 2.75) is 24.9 Å². The summed E-state index contributed by atoms with van der Waals surface area (Å²) in [7, 11) is 1.93. The molecule has 3 aromatic rings. The quantitative estimate of drug-likeness (QED) is 0.306.